The zero-order valence-electron chi connectivity index (χ0n) is 19.4. The van der Waals surface area contributed by atoms with Crippen molar-refractivity contribution < 1.29 is 17.9 Å². The topological polar surface area (TPSA) is 131 Å². The molecule has 1 aliphatic rings. The molecule has 3 rings (SSSR count). The largest absolute Gasteiger partial charge is 0.379 e. The molecule has 34 heavy (non-hydrogen) atoms. The van der Waals surface area contributed by atoms with Gasteiger partial charge >= 0.3 is 0 Å². The molecule has 1 aliphatic heterocycles. The van der Waals surface area contributed by atoms with Gasteiger partial charge in [-0.25, -0.2) is 13.6 Å². The van der Waals surface area contributed by atoms with E-state index in [1.54, 1.807) is 12.1 Å². The molecular weight excluding hydrogens is 478 g/mol. The summed E-state index contributed by atoms with van der Waals surface area (Å²) in [6, 6.07) is 9.19. The molecule has 0 saturated carbocycles. The molecule has 184 valence electrons. The van der Waals surface area contributed by atoms with Crippen LogP contribution in [0.1, 0.15) is 33.7 Å². The number of rotatable bonds is 11. The molecule has 1 heterocycles. The lowest BCUT2D eigenvalue weighted by atomic mass is 9.81. The maximum absolute atomic E-state index is 12.4. The van der Waals surface area contributed by atoms with Crippen molar-refractivity contribution in [3.05, 3.63) is 73.6 Å². The highest BCUT2D eigenvalue weighted by molar-refractivity contribution is 7.89. The number of nitrogens with zero attached hydrogens (tertiary/aromatic N) is 4. The molecule has 1 unspecified atom stereocenters. The number of hydrogen-bond acceptors (Lipinski definition) is 6. The number of halogens is 1. The van der Waals surface area contributed by atoms with E-state index in [0.29, 0.717) is 43.4 Å². The Morgan fingerprint density at radius 2 is 1.94 bits per heavy atom. The summed E-state index contributed by atoms with van der Waals surface area (Å²) in [4.78, 5) is 5.01. The van der Waals surface area contributed by atoms with Crippen LogP contribution >= 0.6 is 11.6 Å². The lowest BCUT2D eigenvalue weighted by Gasteiger charge is -2.35. The summed E-state index contributed by atoms with van der Waals surface area (Å²) in [7, 11) is -1.87. The number of nitrogens with two attached hydrogens (primary N) is 1. The lowest BCUT2D eigenvalue weighted by molar-refractivity contribution is 0.0517. The molecule has 11 heteroatoms. The van der Waals surface area contributed by atoms with Crippen molar-refractivity contribution in [1.29, 1.82) is 0 Å². The predicted octanol–water partition coefficient (Wildman–Crippen LogP) is 3.76. The smallest absolute Gasteiger partial charge is 0.238 e. The molecule has 0 aromatic heterocycles. The van der Waals surface area contributed by atoms with E-state index >= 15 is 0 Å². The number of fused-ring (bicyclic) bond motifs is 1. The van der Waals surface area contributed by atoms with E-state index in [9.17, 15) is 8.42 Å². The van der Waals surface area contributed by atoms with Gasteiger partial charge in [0.1, 0.15) is 0 Å². The number of benzene rings is 2. The number of sulfonamides is 1. The first kappa shape index (κ1) is 26.4. The summed E-state index contributed by atoms with van der Waals surface area (Å²) in [6.45, 7) is 5.17. The summed E-state index contributed by atoms with van der Waals surface area (Å²) in [6.07, 6.45) is 0.385. The van der Waals surface area contributed by atoms with Crippen LogP contribution in [-0.2, 0) is 32.5 Å². The van der Waals surface area contributed by atoms with E-state index in [0.717, 1.165) is 29.8 Å². The molecule has 0 saturated heterocycles. The van der Waals surface area contributed by atoms with Crippen molar-refractivity contribution >= 4 is 21.6 Å². The summed E-state index contributed by atoms with van der Waals surface area (Å²) in [5.41, 5.74) is 13.3. The highest BCUT2D eigenvalue weighted by Gasteiger charge is 2.30. The van der Waals surface area contributed by atoms with Crippen LogP contribution in [0.3, 0.4) is 0 Å². The molecule has 0 bridgehead atoms. The Morgan fingerprint density at radius 3 is 2.65 bits per heavy atom. The molecule has 2 N–H and O–H groups in total. The lowest BCUT2D eigenvalue weighted by Crippen LogP contribution is -2.32. The third-order valence-electron chi connectivity index (χ3n) is 5.89. The van der Waals surface area contributed by atoms with Crippen LogP contribution in [0.15, 0.2) is 40.3 Å². The fourth-order valence-corrected chi connectivity index (χ4v) is 5.54. The monoisotopic (exact) mass is 507 g/mol. The molecule has 1 atom stereocenters. The van der Waals surface area contributed by atoms with Gasteiger partial charge in [-0.2, -0.15) is 0 Å². The van der Waals surface area contributed by atoms with E-state index in [4.69, 9.17) is 31.7 Å². The number of azide groups is 1. The summed E-state index contributed by atoms with van der Waals surface area (Å²) >= 11 is 6.40. The average Bonchev–Trinajstić information content (AvgIpc) is 2.77. The Kier molecular flexibility index (Phi) is 9.32. The molecule has 0 radical (unpaired) electrons. The number of ether oxygens (including phenoxy) is 2. The molecule has 9 nitrogen and oxygen atoms in total. The Hall–Kier alpha value is -2.17. The van der Waals surface area contributed by atoms with Crippen LogP contribution < -0.4 is 5.14 Å². The molecule has 2 aromatic carbocycles. The van der Waals surface area contributed by atoms with Crippen LogP contribution in [0.2, 0.25) is 5.02 Å². The van der Waals surface area contributed by atoms with Crippen molar-refractivity contribution in [2.24, 2.45) is 10.3 Å². The van der Waals surface area contributed by atoms with Gasteiger partial charge in [-0.3, -0.25) is 0 Å². The third kappa shape index (κ3) is 6.70. The van der Waals surface area contributed by atoms with Crippen LogP contribution in [0.4, 0.5) is 0 Å². The van der Waals surface area contributed by atoms with Gasteiger partial charge in [0.15, 0.2) is 0 Å². The van der Waals surface area contributed by atoms with Gasteiger partial charge in [-0.1, -0.05) is 28.8 Å². The van der Waals surface area contributed by atoms with E-state index in [2.05, 4.69) is 22.0 Å². The Labute approximate surface area is 205 Å². The Morgan fingerprint density at radius 1 is 1.21 bits per heavy atom. The second-order valence-corrected chi connectivity index (χ2v) is 10.3. The third-order valence-corrected chi connectivity index (χ3v) is 7.10. The van der Waals surface area contributed by atoms with Gasteiger partial charge in [-0.15, -0.1) is 0 Å². The van der Waals surface area contributed by atoms with Crippen LogP contribution in [0.25, 0.3) is 10.4 Å². The predicted molar refractivity (Wildman–Crippen MR) is 132 cm³/mol. The van der Waals surface area contributed by atoms with E-state index in [1.807, 2.05) is 25.1 Å². The van der Waals surface area contributed by atoms with Gasteiger partial charge in [0.05, 0.1) is 31.3 Å². The Bertz CT molecular complexity index is 1170. The second kappa shape index (κ2) is 12.0. The fourth-order valence-electron chi connectivity index (χ4n) is 4.43. The summed E-state index contributed by atoms with van der Waals surface area (Å²) in [5, 5.41) is 9.65. The van der Waals surface area contributed by atoms with Crippen LogP contribution in [0.5, 0.6) is 0 Å². The number of likely N-dealkylation sites (N-methyl/N-ethyl adjacent to an activating group) is 1. The fraction of sp³-hybridized carbons (Fsp3) is 0.478. The van der Waals surface area contributed by atoms with E-state index in [1.165, 1.54) is 5.56 Å². The first-order valence-corrected chi connectivity index (χ1v) is 12.9. The van der Waals surface area contributed by atoms with Crippen molar-refractivity contribution in [3.8, 4) is 0 Å². The van der Waals surface area contributed by atoms with Crippen molar-refractivity contribution in [3.63, 3.8) is 0 Å². The van der Waals surface area contributed by atoms with Gasteiger partial charge < -0.3 is 14.4 Å². The quantitative estimate of drug-likeness (QED) is 0.214. The molecule has 0 aliphatic carbocycles. The maximum Gasteiger partial charge on any atom is 0.238 e. The van der Waals surface area contributed by atoms with Crippen molar-refractivity contribution in [2.45, 2.75) is 30.7 Å². The normalized spacial score (nSPS) is 16.2. The first-order valence-electron chi connectivity index (χ1n) is 11.0. The summed E-state index contributed by atoms with van der Waals surface area (Å²) in [5.74, 6) is -0.0492. The summed E-state index contributed by atoms with van der Waals surface area (Å²) < 4.78 is 35.9. The van der Waals surface area contributed by atoms with Crippen molar-refractivity contribution in [1.82, 2.24) is 4.90 Å². The SMILES string of the molecule is Cc1cc(Cl)cc2c1CN(C)CC2c1cccc(S(N)(=O)=O)c1CCOCCOCCN=[N+]=[N-]. The zero-order chi connectivity index (χ0) is 24.7. The molecule has 0 spiro atoms. The Balaban J connectivity index is 1.85. The zero-order valence-corrected chi connectivity index (χ0v) is 21.0. The van der Waals surface area contributed by atoms with Crippen LogP contribution in [-0.4, -0.2) is 59.9 Å². The average molecular weight is 508 g/mol. The van der Waals surface area contributed by atoms with E-state index in [-0.39, 0.29) is 17.4 Å². The maximum atomic E-state index is 12.4. The molecule has 2 aromatic rings. The van der Waals surface area contributed by atoms with E-state index < -0.39 is 10.0 Å². The standard InChI is InChI=1S/C23H30ClN5O4S/c1-16-12-17(24)13-20-21(16)14-29(2)15-22(20)18-4-3-5-23(34(26,30)31)19(18)6-8-32-10-11-33-9-7-27-28-25/h3-5,12-13,22H,6-11,14-15H2,1-2H3,(H2,26,30,31). The van der Waals surface area contributed by atoms with Gasteiger partial charge in [0.2, 0.25) is 10.0 Å². The first-order chi connectivity index (χ1) is 16.2. The molecular formula is C23H30ClN5O4S. The van der Waals surface area contributed by atoms with Gasteiger partial charge in [-0.05, 0) is 71.9 Å². The minimum absolute atomic E-state index is 0.0492. The number of hydrogen-bond donors (Lipinski definition) is 1. The minimum Gasteiger partial charge on any atom is -0.379 e. The number of aryl methyl sites for hydroxylation is 1. The highest BCUT2D eigenvalue weighted by Crippen LogP contribution is 2.39. The van der Waals surface area contributed by atoms with Gasteiger partial charge in [0.25, 0.3) is 0 Å². The van der Waals surface area contributed by atoms with Gasteiger partial charge in [0, 0.05) is 35.5 Å². The molecule has 0 fully saturated rings. The molecule has 0 amide bonds. The second-order valence-electron chi connectivity index (χ2n) is 8.34. The number of primary sulfonamides is 1. The van der Waals surface area contributed by atoms with Crippen LogP contribution in [0, 0.1) is 6.92 Å². The van der Waals surface area contributed by atoms with Crippen molar-refractivity contribution in [2.75, 3.05) is 46.6 Å². The minimum atomic E-state index is -3.92. The highest BCUT2D eigenvalue weighted by atomic mass is 35.5.